The van der Waals surface area contributed by atoms with Gasteiger partial charge >= 0.3 is 6.09 Å². The highest BCUT2D eigenvalue weighted by atomic mass is 16.6. The molecule has 126 valence electrons. The van der Waals surface area contributed by atoms with E-state index in [4.69, 9.17) is 4.74 Å². The Morgan fingerprint density at radius 2 is 1.74 bits per heavy atom. The number of carbonyl (C=O) groups excluding carboxylic acids is 1. The molecular formula is C20H29NO2. The molecule has 0 aromatic heterocycles. The number of amides is 1. The van der Waals surface area contributed by atoms with Crippen molar-refractivity contribution in [3.63, 3.8) is 0 Å². The summed E-state index contributed by atoms with van der Waals surface area (Å²) in [5.74, 6) is 0.535. The third-order valence-electron chi connectivity index (χ3n) is 4.27. The van der Waals surface area contributed by atoms with Crippen LogP contribution < -0.4 is 0 Å². The van der Waals surface area contributed by atoms with Gasteiger partial charge in [0.1, 0.15) is 5.60 Å². The van der Waals surface area contributed by atoms with Crippen LogP contribution in [0.2, 0.25) is 0 Å². The average molecular weight is 315 g/mol. The van der Waals surface area contributed by atoms with E-state index in [1.54, 1.807) is 0 Å². The molecule has 1 heterocycles. The van der Waals surface area contributed by atoms with E-state index >= 15 is 0 Å². The molecule has 2 rings (SSSR count). The van der Waals surface area contributed by atoms with E-state index in [0.717, 1.165) is 25.9 Å². The van der Waals surface area contributed by atoms with Crippen molar-refractivity contribution in [2.45, 2.75) is 53.1 Å². The Morgan fingerprint density at radius 3 is 2.26 bits per heavy atom. The molecular weight excluding hydrogens is 286 g/mol. The number of piperidine rings is 1. The number of aryl methyl sites for hydroxylation is 2. The predicted molar refractivity (Wildman–Crippen MR) is 95.5 cm³/mol. The summed E-state index contributed by atoms with van der Waals surface area (Å²) in [6.45, 7) is 11.6. The van der Waals surface area contributed by atoms with Crippen molar-refractivity contribution in [1.29, 1.82) is 0 Å². The Hall–Kier alpha value is -1.77. The Bertz CT molecular complexity index is 556. The van der Waals surface area contributed by atoms with E-state index in [1.807, 2.05) is 25.7 Å². The van der Waals surface area contributed by atoms with E-state index in [9.17, 15) is 4.79 Å². The monoisotopic (exact) mass is 315 g/mol. The first-order chi connectivity index (χ1) is 10.8. The van der Waals surface area contributed by atoms with Crippen LogP contribution in [0.1, 0.15) is 50.3 Å². The molecule has 1 saturated heterocycles. The van der Waals surface area contributed by atoms with Crippen LogP contribution in [0.3, 0.4) is 0 Å². The Kier molecular flexibility index (Phi) is 5.51. The maximum absolute atomic E-state index is 12.1. The lowest BCUT2D eigenvalue weighted by atomic mass is 9.94. The molecule has 0 spiro atoms. The van der Waals surface area contributed by atoms with Gasteiger partial charge in [0.15, 0.2) is 0 Å². The fourth-order valence-electron chi connectivity index (χ4n) is 2.92. The third kappa shape index (κ3) is 5.12. The van der Waals surface area contributed by atoms with Gasteiger partial charge in [0.25, 0.3) is 0 Å². The molecule has 1 aliphatic heterocycles. The highest BCUT2D eigenvalue weighted by Crippen LogP contribution is 2.23. The molecule has 0 radical (unpaired) electrons. The summed E-state index contributed by atoms with van der Waals surface area (Å²) in [5.41, 5.74) is 3.53. The second-order valence-electron chi connectivity index (χ2n) is 7.47. The van der Waals surface area contributed by atoms with E-state index < -0.39 is 5.60 Å². The van der Waals surface area contributed by atoms with Crippen LogP contribution >= 0.6 is 0 Å². The highest BCUT2D eigenvalue weighted by Gasteiger charge is 2.25. The van der Waals surface area contributed by atoms with Gasteiger partial charge in [-0.05, 0) is 70.1 Å². The molecule has 1 fully saturated rings. The zero-order chi connectivity index (χ0) is 17.0. The average Bonchev–Trinajstić information content (AvgIpc) is 2.45. The lowest BCUT2D eigenvalue weighted by Gasteiger charge is -2.32. The number of hydrogen-bond donors (Lipinski definition) is 0. The summed E-state index contributed by atoms with van der Waals surface area (Å²) < 4.78 is 5.44. The molecule has 0 bridgehead atoms. The van der Waals surface area contributed by atoms with Gasteiger partial charge in [0.05, 0.1) is 0 Å². The zero-order valence-corrected chi connectivity index (χ0v) is 15.1. The van der Waals surface area contributed by atoms with Gasteiger partial charge in [0.2, 0.25) is 0 Å². The Balaban J connectivity index is 1.90. The molecule has 0 saturated carbocycles. The molecule has 0 unspecified atom stereocenters. The van der Waals surface area contributed by atoms with Crippen molar-refractivity contribution in [3.8, 4) is 0 Å². The molecule has 1 aromatic carbocycles. The maximum Gasteiger partial charge on any atom is 0.410 e. The van der Waals surface area contributed by atoms with Crippen LogP contribution in [0.4, 0.5) is 4.79 Å². The van der Waals surface area contributed by atoms with Crippen molar-refractivity contribution in [2.24, 2.45) is 5.92 Å². The van der Waals surface area contributed by atoms with E-state index in [-0.39, 0.29) is 6.09 Å². The molecule has 1 aromatic rings. The van der Waals surface area contributed by atoms with Crippen molar-refractivity contribution < 1.29 is 9.53 Å². The van der Waals surface area contributed by atoms with Crippen LogP contribution in [0.25, 0.3) is 6.08 Å². The molecule has 0 atom stereocenters. The van der Waals surface area contributed by atoms with Crippen molar-refractivity contribution >= 4 is 12.2 Å². The second kappa shape index (κ2) is 7.20. The number of benzene rings is 1. The van der Waals surface area contributed by atoms with Gasteiger partial charge in [-0.2, -0.15) is 0 Å². The summed E-state index contributed by atoms with van der Waals surface area (Å²) in [6.07, 6.45) is 6.37. The normalized spacial score (nSPS) is 16.8. The first-order valence-corrected chi connectivity index (χ1v) is 8.48. The van der Waals surface area contributed by atoms with E-state index in [2.05, 4.69) is 44.2 Å². The van der Waals surface area contributed by atoms with Crippen LogP contribution in [0.5, 0.6) is 0 Å². The minimum Gasteiger partial charge on any atom is -0.444 e. The van der Waals surface area contributed by atoms with Gasteiger partial charge in [-0.15, -0.1) is 0 Å². The van der Waals surface area contributed by atoms with Crippen LogP contribution in [-0.4, -0.2) is 29.7 Å². The van der Waals surface area contributed by atoms with Gasteiger partial charge in [-0.25, -0.2) is 4.79 Å². The van der Waals surface area contributed by atoms with Gasteiger partial charge in [-0.1, -0.05) is 30.4 Å². The summed E-state index contributed by atoms with van der Waals surface area (Å²) in [4.78, 5) is 13.9. The molecule has 1 amide bonds. The molecule has 0 aliphatic carbocycles. The smallest absolute Gasteiger partial charge is 0.410 e. The van der Waals surface area contributed by atoms with E-state index in [0.29, 0.717) is 5.92 Å². The lowest BCUT2D eigenvalue weighted by molar-refractivity contribution is 0.0197. The fourth-order valence-corrected chi connectivity index (χ4v) is 2.92. The number of likely N-dealkylation sites (tertiary alicyclic amines) is 1. The van der Waals surface area contributed by atoms with Crippen LogP contribution in [0.15, 0.2) is 24.3 Å². The highest BCUT2D eigenvalue weighted by molar-refractivity contribution is 5.68. The SMILES string of the molecule is Cc1cccc(C)c1/C=C/C1CCN(C(=O)OC(C)(C)C)CC1. The summed E-state index contributed by atoms with van der Waals surface area (Å²) >= 11 is 0. The molecule has 3 nitrogen and oxygen atoms in total. The minimum atomic E-state index is -0.420. The zero-order valence-electron chi connectivity index (χ0n) is 15.1. The Labute approximate surface area is 140 Å². The first kappa shape index (κ1) is 17.6. The standard InChI is InChI=1S/C20H29NO2/c1-15-7-6-8-16(2)18(15)10-9-17-11-13-21(14-12-17)19(22)23-20(3,4)5/h6-10,17H,11-14H2,1-5H3/b10-9+. The maximum atomic E-state index is 12.1. The largest absolute Gasteiger partial charge is 0.444 e. The molecule has 0 N–H and O–H groups in total. The first-order valence-electron chi connectivity index (χ1n) is 8.48. The minimum absolute atomic E-state index is 0.185. The number of ether oxygens (including phenoxy) is 1. The lowest BCUT2D eigenvalue weighted by Crippen LogP contribution is -2.41. The van der Waals surface area contributed by atoms with Gasteiger partial charge < -0.3 is 9.64 Å². The van der Waals surface area contributed by atoms with Crippen molar-refractivity contribution in [3.05, 3.63) is 41.0 Å². The Morgan fingerprint density at radius 1 is 1.17 bits per heavy atom. The summed E-state index contributed by atoms with van der Waals surface area (Å²) in [6, 6.07) is 6.40. The fraction of sp³-hybridized carbons (Fsp3) is 0.550. The third-order valence-corrected chi connectivity index (χ3v) is 4.27. The number of nitrogens with zero attached hydrogens (tertiary/aromatic N) is 1. The van der Waals surface area contributed by atoms with E-state index in [1.165, 1.54) is 16.7 Å². The van der Waals surface area contributed by atoms with Crippen molar-refractivity contribution in [2.75, 3.05) is 13.1 Å². The quantitative estimate of drug-likeness (QED) is 0.771. The second-order valence-corrected chi connectivity index (χ2v) is 7.47. The molecule has 1 aliphatic rings. The summed E-state index contributed by atoms with van der Waals surface area (Å²) in [5, 5.41) is 0. The number of carbonyl (C=O) groups is 1. The van der Waals surface area contributed by atoms with Crippen LogP contribution in [0, 0.1) is 19.8 Å². The van der Waals surface area contributed by atoms with Crippen LogP contribution in [-0.2, 0) is 4.74 Å². The number of hydrogen-bond acceptors (Lipinski definition) is 2. The molecule has 3 heteroatoms. The predicted octanol–water partition coefficient (Wildman–Crippen LogP) is 4.96. The summed E-state index contributed by atoms with van der Waals surface area (Å²) in [7, 11) is 0. The van der Waals surface area contributed by atoms with Gasteiger partial charge in [0, 0.05) is 13.1 Å². The number of allylic oxidation sites excluding steroid dienone is 1. The molecule has 23 heavy (non-hydrogen) atoms. The van der Waals surface area contributed by atoms with Gasteiger partial charge in [-0.3, -0.25) is 0 Å². The number of rotatable bonds is 2. The topological polar surface area (TPSA) is 29.5 Å². The van der Waals surface area contributed by atoms with Crippen molar-refractivity contribution in [1.82, 2.24) is 4.90 Å².